The Morgan fingerprint density at radius 1 is 1.33 bits per heavy atom. The molecule has 0 spiro atoms. The van der Waals surface area contributed by atoms with Gasteiger partial charge in [-0.1, -0.05) is 27.7 Å². The summed E-state index contributed by atoms with van der Waals surface area (Å²) in [5.41, 5.74) is 6.11. The molecule has 0 aromatic carbocycles. The molecule has 0 fully saturated rings. The Kier molecular flexibility index (Phi) is 4.80. The van der Waals surface area contributed by atoms with E-state index in [0.29, 0.717) is 5.41 Å². The second kappa shape index (κ2) is 4.83. The van der Waals surface area contributed by atoms with E-state index in [1.165, 1.54) is 0 Å². The maximum absolute atomic E-state index is 9.40. The van der Waals surface area contributed by atoms with Crippen molar-refractivity contribution in [2.45, 2.75) is 59.1 Å². The van der Waals surface area contributed by atoms with Gasteiger partial charge in [0.15, 0.2) is 0 Å². The second-order valence-electron chi connectivity index (χ2n) is 4.74. The number of nitrogens with two attached hydrogens (primary N) is 1. The molecule has 74 valence electrons. The minimum absolute atomic E-state index is 0.0470. The van der Waals surface area contributed by atoms with Crippen molar-refractivity contribution < 1.29 is 5.11 Å². The van der Waals surface area contributed by atoms with Gasteiger partial charge in [0.2, 0.25) is 0 Å². The molecule has 2 unspecified atom stereocenters. The van der Waals surface area contributed by atoms with Crippen molar-refractivity contribution in [3.63, 3.8) is 0 Å². The molecule has 0 aromatic rings. The zero-order valence-electron chi connectivity index (χ0n) is 8.80. The molecule has 0 rings (SSSR count). The van der Waals surface area contributed by atoms with E-state index < -0.39 is 0 Å². The highest BCUT2D eigenvalue weighted by Gasteiger charge is 2.16. The van der Waals surface area contributed by atoms with Gasteiger partial charge in [0.05, 0.1) is 6.10 Å². The van der Waals surface area contributed by atoms with Crippen molar-refractivity contribution in [1.29, 1.82) is 0 Å². The van der Waals surface area contributed by atoms with Gasteiger partial charge in [-0.25, -0.2) is 0 Å². The minimum Gasteiger partial charge on any atom is -0.392 e. The lowest BCUT2D eigenvalue weighted by Gasteiger charge is -2.23. The molecule has 0 saturated carbocycles. The molecule has 0 radical (unpaired) electrons. The van der Waals surface area contributed by atoms with Gasteiger partial charge in [0, 0.05) is 6.04 Å². The monoisotopic (exact) mass is 173 g/mol. The summed E-state index contributed by atoms with van der Waals surface area (Å²) in [6.45, 7) is 8.54. The topological polar surface area (TPSA) is 46.2 Å². The SMILES string of the molecule is CCC(O)C(N)CCC(C)(C)C. The molecule has 0 heterocycles. The number of hydrogen-bond donors (Lipinski definition) is 2. The largest absolute Gasteiger partial charge is 0.392 e. The third-order valence-electron chi connectivity index (χ3n) is 2.14. The molecular weight excluding hydrogens is 150 g/mol. The molecular formula is C10H23NO. The van der Waals surface area contributed by atoms with Crippen LogP contribution in [0.15, 0.2) is 0 Å². The van der Waals surface area contributed by atoms with E-state index >= 15 is 0 Å². The van der Waals surface area contributed by atoms with Crippen LogP contribution in [0.5, 0.6) is 0 Å². The summed E-state index contributed by atoms with van der Waals surface area (Å²) in [7, 11) is 0. The molecule has 12 heavy (non-hydrogen) atoms. The zero-order chi connectivity index (χ0) is 9.78. The maximum Gasteiger partial charge on any atom is 0.0688 e. The van der Waals surface area contributed by atoms with Crippen molar-refractivity contribution in [1.82, 2.24) is 0 Å². The number of aliphatic hydroxyl groups excluding tert-OH is 1. The van der Waals surface area contributed by atoms with Gasteiger partial charge < -0.3 is 10.8 Å². The van der Waals surface area contributed by atoms with Gasteiger partial charge in [-0.3, -0.25) is 0 Å². The summed E-state index contributed by atoms with van der Waals surface area (Å²) in [4.78, 5) is 0. The Morgan fingerprint density at radius 2 is 1.83 bits per heavy atom. The molecule has 0 aromatic heterocycles. The first-order chi connectivity index (χ1) is 5.37. The van der Waals surface area contributed by atoms with Crippen LogP contribution in [0.25, 0.3) is 0 Å². The van der Waals surface area contributed by atoms with E-state index in [1.54, 1.807) is 0 Å². The molecule has 0 aliphatic rings. The fourth-order valence-corrected chi connectivity index (χ4v) is 1.09. The van der Waals surface area contributed by atoms with Crippen LogP contribution in [-0.4, -0.2) is 17.3 Å². The lowest BCUT2D eigenvalue weighted by atomic mass is 9.87. The van der Waals surface area contributed by atoms with E-state index in [1.807, 2.05) is 6.92 Å². The van der Waals surface area contributed by atoms with Crippen molar-refractivity contribution in [2.24, 2.45) is 11.1 Å². The molecule has 2 nitrogen and oxygen atoms in total. The first-order valence-electron chi connectivity index (χ1n) is 4.80. The van der Waals surface area contributed by atoms with Crippen molar-refractivity contribution in [3.8, 4) is 0 Å². The predicted octanol–water partition coefficient (Wildman–Crippen LogP) is 1.91. The van der Waals surface area contributed by atoms with Crippen LogP contribution in [0.3, 0.4) is 0 Å². The van der Waals surface area contributed by atoms with Crippen LogP contribution >= 0.6 is 0 Å². The highest BCUT2D eigenvalue weighted by Crippen LogP contribution is 2.22. The summed E-state index contributed by atoms with van der Waals surface area (Å²) in [5.74, 6) is 0. The summed E-state index contributed by atoms with van der Waals surface area (Å²) >= 11 is 0. The van der Waals surface area contributed by atoms with Gasteiger partial charge in [-0.15, -0.1) is 0 Å². The molecule has 0 bridgehead atoms. The van der Waals surface area contributed by atoms with E-state index in [2.05, 4.69) is 20.8 Å². The Hall–Kier alpha value is -0.0800. The predicted molar refractivity (Wildman–Crippen MR) is 53.0 cm³/mol. The first-order valence-corrected chi connectivity index (χ1v) is 4.80. The number of hydrogen-bond acceptors (Lipinski definition) is 2. The first kappa shape index (κ1) is 11.9. The fraction of sp³-hybridized carbons (Fsp3) is 1.00. The quantitative estimate of drug-likeness (QED) is 0.682. The minimum atomic E-state index is -0.327. The summed E-state index contributed by atoms with van der Waals surface area (Å²) in [5, 5.41) is 9.40. The molecule has 2 heteroatoms. The summed E-state index contributed by atoms with van der Waals surface area (Å²) in [6.07, 6.45) is 2.42. The third-order valence-corrected chi connectivity index (χ3v) is 2.14. The summed E-state index contributed by atoms with van der Waals surface area (Å²) < 4.78 is 0. The lowest BCUT2D eigenvalue weighted by molar-refractivity contribution is 0.129. The van der Waals surface area contributed by atoms with Crippen molar-refractivity contribution in [3.05, 3.63) is 0 Å². The molecule has 2 atom stereocenters. The zero-order valence-corrected chi connectivity index (χ0v) is 8.80. The highest BCUT2D eigenvalue weighted by molar-refractivity contribution is 4.73. The van der Waals surface area contributed by atoms with E-state index in [0.717, 1.165) is 19.3 Å². The lowest BCUT2D eigenvalue weighted by Crippen LogP contribution is -2.34. The van der Waals surface area contributed by atoms with E-state index in [9.17, 15) is 5.11 Å². The standard InChI is InChI=1S/C10H23NO/c1-5-9(12)8(11)6-7-10(2,3)4/h8-9,12H,5-7,11H2,1-4H3. The van der Waals surface area contributed by atoms with Crippen LogP contribution in [-0.2, 0) is 0 Å². The van der Waals surface area contributed by atoms with Gasteiger partial charge in [-0.2, -0.15) is 0 Å². The van der Waals surface area contributed by atoms with Crippen LogP contribution in [0.4, 0.5) is 0 Å². The van der Waals surface area contributed by atoms with Crippen molar-refractivity contribution >= 4 is 0 Å². The number of aliphatic hydroxyl groups is 1. The normalized spacial score (nSPS) is 17.5. The Labute approximate surface area is 76.2 Å². The van der Waals surface area contributed by atoms with Gasteiger partial charge in [-0.05, 0) is 24.7 Å². The molecule has 0 saturated heterocycles. The summed E-state index contributed by atoms with van der Waals surface area (Å²) in [6, 6.07) is -0.0470. The van der Waals surface area contributed by atoms with Crippen LogP contribution in [0.2, 0.25) is 0 Å². The molecule has 3 N–H and O–H groups in total. The van der Waals surface area contributed by atoms with Crippen LogP contribution in [0, 0.1) is 5.41 Å². The van der Waals surface area contributed by atoms with Gasteiger partial charge >= 0.3 is 0 Å². The third kappa shape index (κ3) is 5.56. The van der Waals surface area contributed by atoms with Crippen LogP contribution in [0.1, 0.15) is 47.0 Å². The van der Waals surface area contributed by atoms with Crippen molar-refractivity contribution in [2.75, 3.05) is 0 Å². The van der Waals surface area contributed by atoms with Gasteiger partial charge in [0.1, 0.15) is 0 Å². The Morgan fingerprint density at radius 3 is 2.17 bits per heavy atom. The van der Waals surface area contributed by atoms with Gasteiger partial charge in [0.25, 0.3) is 0 Å². The molecule has 0 aliphatic heterocycles. The average Bonchev–Trinajstić information content (AvgIpc) is 1.97. The molecule has 0 aliphatic carbocycles. The maximum atomic E-state index is 9.40. The molecule has 0 amide bonds. The fourth-order valence-electron chi connectivity index (χ4n) is 1.09. The Balaban J connectivity index is 3.64. The Bertz CT molecular complexity index is 117. The number of rotatable bonds is 4. The smallest absolute Gasteiger partial charge is 0.0688 e. The average molecular weight is 173 g/mol. The highest BCUT2D eigenvalue weighted by atomic mass is 16.3. The second-order valence-corrected chi connectivity index (χ2v) is 4.74. The van der Waals surface area contributed by atoms with E-state index in [4.69, 9.17) is 5.73 Å². The van der Waals surface area contributed by atoms with Crippen LogP contribution < -0.4 is 5.73 Å². The van der Waals surface area contributed by atoms with E-state index in [-0.39, 0.29) is 12.1 Å².